The molecule has 0 amide bonds. The lowest BCUT2D eigenvalue weighted by Crippen LogP contribution is -1.92. The molecule has 1 aliphatic carbocycles. The minimum atomic E-state index is -0.360. The van der Waals surface area contributed by atoms with E-state index in [1.165, 1.54) is 37.9 Å². The number of fused-ring (bicyclic) bond motifs is 4. The Morgan fingerprint density at radius 1 is 0.762 bits per heavy atom. The maximum absolute atomic E-state index is 10.3. The Labute approximate surface area is 122 Å². The zero-order valence-corrected chi connectivity index (χ0v) is 11.5. The van der Waals surface area contributed by atoms with Crippen LogP contribution in [-0.4, -0.2) is 5.11 Å². The van der Waals surface area contributed by atoms with Gasteiger partial charge < -0.3 is 5.11 Å². The molecule has 1 aliphatic rings. The second-order valence-corrected chi connectivity index (χ2v) is 5.90. The van der Waals surface area contributed by atoms with E-state index in [2.05, 4.69) is 54.6 Å². The standard InChI is InChI=1S/C20H14O/c21-19-11-18-15-9-8-12-4-1-2-6-14(12)17(15)10-13-5-3-7-16(19)20(13)18/h1-10,19,21H,11H2/t19-/m1/s1. The van der Waals surface area contributed by atoms with Gasteiger partial charge in [-0.1, -0.05) is 54.6 Å². The molecule has 1 atom stereocenters. The third-order valence-electron chi connectivity index (χ3n) is 4.78. The largest absolute Gasteiger partial charge is 0.388 e. The van der Waals surface area contributed by atoms with Gasteiger partial charge in [0.2, 0.25) is 0 Å². The summed E-state index contributed by atoms with van der Waals surface area (Å²) in [6.45, 7) is 0. The molecule has 0 bridgehead atoms. The highest BCUT2D eigenvalue weighted by atomic mass is 16.3. The molecule has 0 fully saturated rings. The first kappa shape index (κ1) is 11.3. The predicted molar refractivity (Wildman–Crippen MR) is 87.6 cm³/mol. The molecule has 1 N–H and O–H groups in total. The Morgan fingerprint density at radius 2 is 1.62 bits per heavy atom. The quantitative estimate of drug-likeness (QED) is 0.361. The summed E-state index contributed by atoms with van der Waals surface area (Å²) in [5.41, 5.74) is 2.38. The number of hydrogen-bond acceptors (Lipinski definition) is 1. The van der Waals surface area contributed by atoms with Gasteiger partial charge in [0.25, 0.3) is 0 Å². The molecule has 100 valence electrons. The topological polar surface area (TPSA) is 20.2 Å². The van der Waals surface area contributed by atoms with Crippen molar-refractivity contribution in [2.24, 2.45) is 0 Å². The van der Waals surface area contributed by atoms with E-state index in [1.807, 2.05) is 6.07 Å². The average Bonchev–Trinajstić information content (AvgIpc) is 2.86. The zero-order chi connectivity index (χ0) is 14.0. The molecule has 0 aromatic heterocycles. The van der Waals surface area contributed by atoms with Crippen molar-refractivity contribution in [3.05, 3.63) is 71.8 Å². The van der Waals surface area contributed by atoms with Crippen molar-refractivity contribution in [1.82, 2.24) is 0 Å². The Bertz CT molecular complexity index is 1030. The zero-order valence-electron chi connectivity index (χ0n) is 11.5. The van der Waals surface area contributed by atoms with Gasteiger partial charge >= 0.3 is 0 Å². The van der Waals surface area contributed by atoms with Crippen LogP contribution < -0.4 is 0 Å². The molecule has 1 nitrogen and oxygen atoms in total. The van der Waals surface area contributed by atoms with Crippen LogP contribution in [0.1, 0.15) is 17.2 Å². The molecule has 0 radical (unpaired) electrons. The third kappa shape index (κ3) is 1.39. The van der Waals surface area contributed by atoms with Gasteiger partial charge in [-0.2, -0.15) is 0 Å². The summed E-state index contributed by atoms with van der Waals surface area (Å²) in [6, 6.07) is 21.4. The molecule has 0 unspecified atom stereocenters. The lowest BCUT2D eigenvalue weighted by atomic mass is 9.94. The van der Waals surface area contributed by atoms with E-state index >= 15 is 0 Å². The minimum Gasteiger partial charge on any atom is -0.388 e. The van der Waals surface area contributed by atoms with Crippen molar-refractivity contribution in [1.29, 1.82) is 0 Å². The van der Waals surface area contributed by atoms with Crippen molar-refractivity contribution in [2.75, 3.05) is 0 Å². The summed E-state index contributed by atoms with van der Waals surface area (Å²) in [6.07, 6.45) is 0.367. The number of rotatable bonds is 0. The first-order valence-electron chi connectivity index (χ1n) is 7.37. The summed E-state index contributed by atoms with van der Waals surface area (Å²) < 4.78 is 0. The second kappa shape index (κ2) is 3.84. The number of hydrogen-bond donors (Lipinski definition) is 1. The lowest BCUT2D eigenvalue weighted by molar-refractivity contribution is 0.186. The predicted octanol–water partition coefficient (Wildman–Crippen LogP) is 4.74. The SMILES string of the molecule is O[C@@H]1Cc2c3ccc4ccccc4c3cc3cccc1c23. The van der Waals surface area contributed by atoms with Crippen LogP contribution in [0.4, 0.5) is 0 Å². The average molecular weight is 270 g/mol. The summed E-state index contributed by atoms with van der Waals surface area (Å²) in [5, 5.41) is 18.0. The van der Waals surface area contributed by atoms with Crippen molar-refractivity contribution in [3.63, 3.8) is 0 Å². The van der Waals surface area contributed by atoms with Gasteiger partial charge in [-0.05, 0) is 49.5 Å². The summed E-state index contributed by atoms with van der Waals surface area (Å²) in [5.74, 6) is 0. The van der Waals surface area contributed by atoms with Crippen LogP contribution in [0.25, 0.3) is 32.3 Å². The van der Waals surface area contributed by atoms with Crippen LogP contribution in [-0.2, 0) is 6.42 Å². The normalized spacial score (nSPS) is 17.1. The highest BCUT2D eigenvalue weighted by Crippen LogP contribution is 2.42. The van der Waals surface area contributed by atoms with Crippen molar-refractivity contribution in [3.8, 4) is 0 Å². The second-order valence-electron chi connectivity index (χ2n) is 5.90. The molecule has 0 saturated carbocycles. The van der Waals surface area contributed by atoms with E-state index in [1.54, 1.807) is 0 Å². The van der Waals surface area contributed by atoms with Gasteiger partial charge in [-0.3, -0.25) is 0 Å². The van der Waals surface area contributed by atoms with Crippen LogP contribution in [0.2, 0.25) is 0 Å². The van der Waals surface area contributed by atoms with E-state index in [-0.39, 0.29) is 6.10 Å². The van der Waals surface area contributed by atoms with Crippen LogP contribution in [0.15, 0.2) is 60.7 Å². The monoisotopic (exact) mass is 270 g/mol. The van der Waals surface area contributed by atoms with Crippen LogP contribution in [0.5, 0.6) is 0 Å². The minimum absolute atomic E-state index is 0.360. The Balaban J connectivity index is 2.07. The molecular weight excluding hydrogens is 256 g/mol. The molecular formula is C20H14O. The molecule has 1 heteroatoms. The van der Waals surface area contributed by atoms with E-state index < -0.39 is 0 Å². The smallest absolute Gasteiger partial charge is 0.0836 e. The van der Waals surface area contributed by atoms with Crippen LogP contribution in [0.3, 0.4) is 0 Å². The first-order chi connectivity index (χ1) is 10.3. The highest BCUT2D eigenvalue weighted by Gasteiger charge is 2.24. The van der Waals surface area contributed by atoms with Crippen molar-refractivity contribution < 1.29 is 5.11 Å². The fourth-order valence-electron chi connectivity index (χ4n) is 3.85. The Morgan fingerprint density at radius 3 is 2.57 bits per heavy atom. The first-order valence-corrected chi connectivity index (χ1v) is 7.37. The molecule has 0 heterocycles. The Kier molecular flexibility index (Phi) is 2.06. The van der Waals surface area contributed by atoms with Crippen molar-refractivity contribution >= 4 is 32.3 Å². The number of aliphatic hydroxyl groups excluding tert-OH is 1. The van der Waals surface area contributed by atoms with Crippen LogP contribution >= 0.6 is 0 Å². The molecule has 4 aromatic carbocycles. The fourth-order valence-corrected chi connectivity index (χ4v) is 3.85. The number of benzene rings is 4. The van der Waals surface area contributed by atoms with E-state index in [9.17, 15) is 5.11 Å². The lowest BCUT2D eigenvalue weighted by Gasteiger charge is -2.09. The third-order valence-corrected chi connectivity index (χ3v) is 4.78. The van der Waals surface area contributed by atoms with Crippen molar-refractivity contribution in [2.45, 2.75) is 12.5 Å². The molecule has 0 aliphatic heterocycles. The molecule has 5 rings (SSSR count). The van der Waals surface area contributed by atoms with Gasteiger partial charge in [0.15, 0.2) is 0 Å². The van der Waals surface area contributed by atoms with Gasteiger partial charge in [-0.25, -0.2) is 0 Å². The van der Waals surface area contributed by atoms with Gasteiger partial charge in [0.05, 0.1) is 6.10 Å². The fraction of sp³-hybridized carbons (Fsp3) is 0.100. The highest BCUT2D eigenvalue weighted by molar-refractivity contribution is 6.15. The summed E-state index contributed by atoms with van der Waals surface area (Å²) >= 11 is 0. The molecule has 0 saturated heterocycles. The van der Waals surface area contributed by atoms with Gasteiger partial charge in [0.1, 0.15) is 0 Å². The summed E-state index contributed by atoms with van der Waals surface area (Å²) in [7, 11) is 0. The Hall–Kier alpha value is -2.38. The van der Waals surface area contributed by atoms with E-state index in [4.69, 9.17) is 0 Å². The van der Waals surface area contributed by atoms with Gasteiger partial charge in [-0.15, -0.1) is 0 Å². The van der Waals surface area contributed by atoms with Crippen LogP contribution in [0, 0.1) is 0 Å². The van der Waals surface area contributed by atoms with E-state index in [0.29, 0.717) is 0 Å². The summed E-state index contributed by atoms with van der Waals surface area (Å²) in [4.78, 5) is 0. The molecule has 0 spiro atoms. The molecule has 4 aromatic rings. The molecule has 21 heavy (non-hydrogen) atoms. The number of aliphatic hydroxyl groups is 1. The van der Waals surface area contributed by atoms with E-state index in [0.717, 1.165) is 12.0 Å². The maximum atomic E-state index is 10.3. The maximum Gasteiger partial charge on any atom is 0.0836 e. The van der Waals surface area contributed by atoms with Gasteiger partial charge in [0, 0.05) is 6.42 Å².